The monoisotopic (exact) mass is 422 g/mol. The van der Waals surface area contributed by atoms with Crippen LogP contribution in [0.5, 0.6) is 0 Å². The maximum absolute atomic E-state index is 13.7. The number of likely N-dealkylation sites (N-methyl/N-ethyl adjacent to an activating group) is 1. The molecular formula is C24H36F2N2O2. The van der Waals surface area contributed by atoms with E-state index >= 15 is 0 Å². The van der Waals surface area contributed by atoms with Gasteiger partial charge in [-0.15, -0.1) is 0 Å². The largest absolute Gasteiger partial charge is 0.382 e. The van der Waals surface area contributed by atoms with Crippen molar-refractivity contribution in [3.63, 3.8) is 0 Å². The van der Waals surface area contributed by atoms with Gasteiger partial charge in [-0.3, -0.25) is 9.69 Å². The summed E-state index contributed by atoms with van der Waals surface area (Å²) in [6.07, 6.45) is 8.97. The Balaban J connectivity index is 1.73. The van der Waals surface area contributed by atoms with Crippen LogP contribution in [0.3, 0.4) is 0 Å². The zero-order chi connectivity index (χ0) is 21.5. The maximum atomic E-state index is 13.7. The Morgan fingerprint density at radius 2 is 1.93 bits per heavy atom. The number of ether oxygens (including phenoxy) is 1. The Bertz CT molecular complexity index is 694. The Hall–Kier alpha value is -1.53. The van der Waals surface area contributed by atoms with E-state index in [4.69, 9.17) is 4.74 Å². The lowest BCUT2D eigenvalue weighted by atomic mass is 9.91. The summed E-state index contributed by atoms with van der Waals surface area (Å²) in [5.74, 6) is -1.47. The normalized spacial score (nSPS) is 25.3. The summed E-state index contributed by atoms with van der Waals surface area (Å²) in [4.78, 5) is 17.5. The van der Waals surface area contributed by atoms with Crippen LogP contribution >= 0.6 is 0 Å². The molecule has 1 heterocycles. The van der Waals surface area contributed by atoms with Crippen LogP contribution in [0.25, 0.3) is 0 Å². The molecule has 1 aromatic rings. The fourth-order valence-corrected chi connectivity index (χ4v) is 5.21. The Morgan fingerprint density at radius 1 is 1.17 bits per heavy atom. The molecule has 0 bridgehead atoms. The van der Waals surface area contributed by atoms with Crippen LogP contribution in [0, 0.1) is 17.6 Å². The average Bonchev–Trinajstić information content (AvgIpc) is 3.20. The van der Waals surface area contributed by atoms with Gasteiger partial charge in [-0.2, -0.15) is 0 Å². The third-order valence-corrected chi connectivity index (χ3v) is 6.83. The number of likely N-dealkylation sites (tertiary alicyclic amines) is 1. The number of amides is 1. The first kappa shape index (κ1) is 23.1. The second-order valence-electron chi connectivity index (χ2n) is 8.79. The lowest BCUT2D eigenvalue weighted by Gasteiger charge is -2.39. The lowest BCUT2D eigenvalue weighted by molar-refractivity contribution is 0.0564. The van der Waals surface area contributed by atoms with Gasteiger partial charge in [-0.1, -0.05) is 12.8 Å². The van der Waals surface area contributed by atoms with Crippen LogP contribution in [-0.2, 0) is 4.74 Å². The van der Waals surface area contributed by atoms with E-state index in [1.165, 1.54) is 25.3 Å². The molecule has 30 heavy (non-hydrogen) atoms. The second kappa shape index (κ2) is 11.2. The molecule has 0 spiro atoms. The zero-order valence-corrected chi connectivity index (χ0v) is 18.4. The van der Waals surface area contributed by atoms with Crippen molar-refractivity contribution in [1.82, 2.24) is 9.80 Å². The van der Waals surface area contributed by atoms with E-state index in [1.807, 2.05) is 14.0 Å². The third kappa shape index (κ3) is 5.79. The van der Waals surface area contributed by atoms with E-state index in [1.54, 1.807) is 4.90 Å². The minimum Gasteiger partial charge on any atom is -0.382 e. The van der Waals surface area contributed by atoms with Crippen LogP contribution < -0.4 is 0 Å². The van der Waals surface area contributed by atoms with E-state index in [2.05, 4.69) is 4.90 Å². The minimum atomic E-state index is -0.972. The molecule has 4 nitrogen and oxygen atoms in total. The summed E-state index contributed by atoms with van der Waals surface area (Å²) < 4.78 is 32.5. The van der Waals surface area contributed by atoms with Crippen molar-refractivity contribution in [2.75, 3.05) is 33.4 Å². The van der Waals surface area contributed by atoms with Gasteiger partial charge in [0, 0.05) is 37.9 Å². The zero-order valence-electron chi connectivity index (χ0n) is 18.4. The molecule has 1 aliphatic carbocycles. The molecule has 1 aliphatic heterocycles. The van der Waals surface area contributed by atoms with E-state index < -0.39 is 11.6 Å². The van der Waals surface area contributed by atoms with Crippen molar-refractivity contribution in [3.05, 3.63) is 35.4 Å². The first-order valence-corrected chi connectivity index (χ1v) is 11.5. The number of carbonyl (C=O) groups is 1. The van der Waals surface area contributed by atoms with Crippen molar-refractivity contribution in [2.24, 2.45) is 5.92 Å². The molecule has 0 radical (unpaired) electrons. The van der Waals surface area contributed by atoms with Gasteiger partial charge < -0.3 is 9.64 Å². The fourth-order valence-electron chi connectivity index (χ4n) is 5.21. The van der Waals surface area contributed by atoms with Crippen LogP contribution in [0.15, 0.2) is 18.2 Å². The number of hydrogen-bond acceptors (Lipinski definition) is 3. The van der Waals surface area contributed by atoms with Gasteiger partial charge in [0.2, 0.25) is 0 Å². The summed E-state index contributed by atoms with van der Waals surface area (Å²) >= 11 is 0. The maximum Gasteiger partial charge on any atom is 0.254 e. The topological polar surface area (TPSA) is 32.8 Å². The highest BCUT2D eigenvalue weighted by Crippen LogP contribution is 2.34. The predicted octanol–water partition coefficient (Wildman–Crippen LogP) is 4.88. The van der Waals surface area contributed by atoms with Crippen molar-refractivity contribution in [2.45, 2.75) is 70.4 Å². The predicted molar refractivity (Wildman–Crippen MR) is 115 cm³/mol. The molecule has 1 saturated carbocycles. The summed E-state index contributed by atoms with van der Waals surface area (Å²) in [6.45, 7) is 5.78. The standard InChI is InChI=1S/C24H36F2N2O2/c1-3-30-15-7-9-18-8-6-10-22(23(16-18)28-13-4-5-14-28)27(2)24(29)19-11-12-20(25)21(26)17-19/h11-12,17-18,22-23H,3-10,13-16H2,1-2H3. The summed E-state index contributed by atoms with van der Waals surface area (Å²) in [7, 11) is 1.83. The number of rotatable bonds is 8. The van der Waals surface area contributed by atoms with Gasteiger partial charge in [0.1, 0.15) is 0 Å². The summed E-state index contributed by atoms with van der Waals surface area (Å²) in [5.41, 5.74) is 0.217. The second-order valence-corrected chi connectivity index (χ2v) is 8.79. The van der Waals surface area contributed by atoms with E-state index in [9.17, 15) is 13.6 Å². The van der Waals surface area contributed by atoms with Gasteiger partial charge in [0.05, 0.1) is 0 Å². The van der Waals surface area contributed by atoms with Crippen molar-refractivity contribution >= 4 is 5.91 Å². The van der Waals surface area contributed by atoms with Gasteiger partial charge in [-0.25, -0.2) is 8.78 Å². The van der Waals surface area contributed by atoms with Gasteiger partial charge in [-0.05, 0) is 82.7 Å². The number of carbonyl (C=O) groups excluding carboxylic acids is 1. The van der Waals surface area contributed by atoms with Crippen molar-refractivity contribution in [1.29, 1.82) is 0 Å². The minimum absolute atomic E-state index is 0.0978. The van der Waals surface area contributed by atoms with Gasteiger partial charge in [0.25, 0.3) is 5.91 Å². The molecule has 3 atom stereocenters. The molecule has 168 valence electrons. The van der Waals surface area contributed by atoms with Crippen LogP contribution in [0.2, 0.25) is 0 Å². The third-order valence-electron chi connectivity index (χ3n) is 6.83. The van der Waals surface area contributed by atoms with E-state index in [-0.39, 0.29) is 17.5 Å². The first-order valence-electron chi connectivity index (χ1n) is 11.5. The Kier molecular flexibility index (Phi) is 8.63. The molecule has 3 unspecified atom stereocenters. The summed E-state index contributed by atoms with van der Waals surface area (Å²) in [6, 6.07) is 3.87. The fraction of sp³-hybridized carbons (Fsp3) is 0.708. The molecule has 0 aromatic heterocycles. The smallest absolute Gasteiger partial charge is 0.254 e. The highest BCUT2D eigenvalue weighted by molar-refractivity contribution is 5.94. The summed E-state index contributed by atoms with van der Waals surface area (Å²) in [5, 5.41) is 0. The number of halogens is 2. The Morgan fingerprint density at radius 3 is 2.63 bits per heavy atom. The Labute approximate surface area is 179 Å². The van der Waals surface area contributed by atoms with Crippen LogP contribution in [0.4, 0.5) is 8.78 Å². The van der Waals surface area contributed by atoms with Gasteiger partial charge >= 0.3 is 0 Å². The van der Waals surface area contributed by atoms with Gasteiger partial charge in [0.15, 0.2) is 11.6 Å². The number of benzene rings is 1. The van der Waals surface area contributed by atoms with Crippen LogP contribution in [0.1, 0.15) is 68.6 Å². The SMILES string of the molecule is CCOCCCC1CCCC(N(C)C(=O)c2ccc(F)c(F)c2)C(N2CCCC2)C1. The van der Waals surface area contributed by atoms with Crippen molar-refractivity contribution < 1.29 is 18.3 Å². The molecule has 1 saturated heterocycles. The lowest BCUT2D eigenvalue weighted by Crippen LogP contribution is -2.51. The highest BCUT2D eigenvalue weighted by atomic mass is 19.2. The molecule has 2 fully saturated rings. The highest BCUT2D eigenvalue weighted by Gasteiger charge is 2.37. The molecule has 2 aliphatic rings. The first-order chi connectivity index (χ1) is 14.5. The molecule has 0 N–H and O–H groups in total. The number of nitrogens with zero attached hydrogens (tertiary/aromatic N) is 2. The van der Waals surface area contributed by atoms with Crippen molar-refractivity contribution in [3.8, 4) is 0 Å². The molecule has 3 rings (SSSR count). The molecule has 6 heteroatoms. The quantitative estimate of drug-likeness (QED) is 0.442. The molecule has 1 aromatic carbocycles. The molecular weight excluding hydrogens is 386 g/mol. The van der Waals surface area contributed by atoms with E-state index in [0.717, 1.165) is 70.5 Å². The molecule has 1 amide bonds. The average molecular weight is 423 g/mol. The number of hydrogen-bond donors (Lipinski definition) is 0. The van der Waals surface area contributed by atoms with E-state index in [0.29, 0.717) is 12.0 Å². The van der Waals surface area contributed by atoms with Crippen LogP contribution in [-0.4, -0.2) is 61.1 Å².